The van der Waals surface area contributed by atoms with Crippen LogP contribution in [0.15, 0.2) is 30.3 Å². The van der Waals surface area contributed by atoms with Gasteiger partial charge in [-0.15, -0.1) is 0 Å². The molecule has 118 valence electrons. The highest BCUT2D eigenvalue weighted by Gasteiger charge is 2.56. The highest BCUT2D eigenvalue weighted by molar-refractivity contribution is 7.80. The van der Waals surface area contributed by atoms with Gasteiger partial charge in [0.1, 0.15) is 5.60 Å². The number of rotatable bonds is 2. The summed E-state index contributed by atoms with van der Waals surface area (Å²) in [6.07, 6.45) is -0.311. The Hall–Kier alpha value is -1.95. The van der Waals surface area contributed by atoms with Crippen molar-refractivity contribution in [2.45, 2.75) is 38.3 Å². The molecular formula is C16H19NO4S. The number of carbonyl (C=O) groups is 2. The molecule has 1 aliphatic heterocycles. The lowest BCUT2D eigenvalue weighted by Crippen LogP contribution is -2.54. The van der Waals surface area contributed by atoms with Crippen LogP contribution in [0.3, 0.4) is 0 Å². The molecule has 1 amide bonds. The van der Waals surface area contributed by atoms with Crippen LogP contribution in [0.4, 0.5) is 4.79 Å². The van der Waals surface area contributed by atoms with Gasteiger partial charge in [0.25, 0.3) is 0 Å². The topological polar surface area (TPSA) is 66.8 Å². The smallest absolute Gasteiger partial charge is 0.411 e. The summed E-state index contributed by atoms with van der Waals surface area (Å²) in [6.45, 7) is 5.45. The maximum Gasteiger partial charge on any atom is 0.411 e. The minimum atomic E-state index is -1.64. The molecule has 1 aromatic rings. The zero-order chi connectivity index (χ0) is 16.5. The first-order valence-electron chi connectivity index (χ1n) is 7.02. The van der Waals surface area contributed by atoms with Gasteiger partial charge in [0, 0.05) is 11.4 Å². The van der Waals surface area contributed by atoms with Crippen LogP contribution >= 0.6 is 12.2 Å². The summed E-state index contributed by atoms with van der Waals surface area (Å²) < 4.78 is 5.36. The van der Waals surface area contributed by atoms with Crippen LogP contribution in [-0.4, -0.2) is 39.1 Å². The van der Waals surface area contributed by atoms with Crippen LogP contribution in [-0.2, 0) is 15.1 Å². The quantitative estimate of drug-likeness (QED) is 0.848. The van der Waals surface area contributed by atoms with E-state index >= 15 is 0 Å². The van der Waals surface area contributed by atoms with E-state index in [9.17, 15) is 14.7 Å². The van der Waals surface area contributed by atoms with Crippen molar-refractivity contribution in [3.8, 4) is 0 Å². The van der Waals surface area contributed by atoms with Crippen LogP contribution < -0.4 is 0 Å². The second-order valence-corrected chi connectivity index (χ2v) is 6.68. The number of ether oxygens (including phenoxy) is 1. The largest absolute Gasteiger partial charge is 0.479 e. The Balaban J connectivity index is 2.52. The minimum absolute atomic E-state index is 0.231. The number of aliphatic carboxylic acids is 1. The predicted octanol–water partition coefficient (Wildman–Crippen LogP) is 2.98. The van der Waals surface area contributed by atoms with Crippen molar-refractivity contribution < 1.29 is 19.4 Å². The van der Waals surface area contributed by atoms with Crippen molar-refractivity contribution in [3.05, 3.63) is 35.9 Å². The number of thiocarbonyl (C=S) groups is 1. The van der Waals surface area contributed by atoms with Crippen molar-refractivity contribution >= 4 is 29.1 Å². The molecular weight excluding hydrogens is 302 g/mol. The average molecular weight is 321 g/mol. The van der Waals surface area contributed by atoms with E-state index in [0.717, 1.165) is 0 Å². The molecule has 0 aromatic heterocycles. The van der Waals surface area contributed by atoms with Gasteiger partial charge in [-0.1, -0.05) is 42.5 Å². The van der Waals surface area contributed by atoms with E-state index in [1.165, 1.54) is 4.90 Å². The number of benzene rings is 1. The van der Waals surface area contributed by atoms with Gasteiger partial charge < -0.3 is 9.84 Å². The summed E-state index contributed by atoms with van der Waals surface area (Å²) in [6, 6.07) is 8.59. The van der Waals surface area contributed by atoms with Gasteiger partial charge in [0.2, 0.25) is 5.54 Å². The van der Waals surface area contributed by atoms with Gasteiger partial charge in [-0.25, -0.2) is 9.59 Å². The Bertz CT molecular complexity index is 608. The van der Waals surface area contributed by atoms with Crippen molar-refractivity contribution in [2.75, 3.05) is 6.54 Å². The number of carboxylic acids is 1. The Morgan fingerprint density at radius 1 is 1.27 bits per heavy atom. The van der Waals surface area contributed by atoms with Crippen molar-refractivity contribution in [2.24, 2.45) is 0 Å². The Morgan fingerprint density at radius 2 is 1.86 bits per heavy atom. The molecule has 1 aromatic carbocycles. The van der Waals surface area contributed by atoms with Crippen LogP contribution in [0.2, 0.25) is 0 Å². The Labute approximate surface area is 134 Å². The van der Waals surface area contributed by atoms with Gasteiger partial charge >= 0.3 is 12.1 Å². The summed E-state index contributed by atoms with van der Waals surface area (Å²) in [5.74, 6) is -1.16. The summed E-state index contributed by atoms with van der Waals surface area (Å²) in [4.78, 5) is 26.1. The van der Waals surface area contributed by atoms with E-state index in [-0.39, 0.29) is 6.54 Å². The van der Waals surface area contributed by atoms with Gasteiger partial charge in [0.05, 0.1) is 0 Å². The summed E-state index contributed by atoms with van der Waals surface area (Å²) in [7, 11) is 0. The zero-order valence-electron chi connectivity index (χ0n) is 12.8. The summed E-state index contributed by atoms with van der Waals surface area (Å²) in [5.41, 5.74) is -1.88. The number of carboxylic acid groups (broad SMARTS) is 1. The molecule has 1 aliphatic rings. The lowest BCUT2D eigenvalue weighted by atomic mass is 9.87. The van der Waals surface area contributed by atoms with E-state index in [1.807, 2.05) is 0 Å². The van der Waals surface area contributed by atoms with Gasteiger partial charge in [-0.3, -0.25) is 4.90 Å². The third-order valence-electron chi connectivity index (χ3n) is 3.49. The molecule has 1 fully saturated rings. The third-order valence-corrected chi connectivity index (χ3v) is 3.99. The molecule has 1 saturated heterocycles. The highest BCUT2D eigenvalue weighted by Crippen LogP contribution is 2.38. The number of nitrogens with zero attached hydrogens (tertiary/aromatic N) is 1. The Morgan fingerprint density at radius 3 is 2.36 bits per heavy atom. The molecule has 6 heteroatoms. The normalized spacial score (nSPS) is 21.8. The monoisotopic (exact) mass is 321 g/mol. The molecule has 0 bridgehead atoms. The zero-order valence-corrected chi connectivity index (χ0v) is 13.6. The fraction of sp³-hybridized carbons (Fsp3) is 0.438. The van der Waals surface area contributed by atoms with E-state index < -0.39 is 23.2 Å². The van der Waals surface area contributed by atoms with Crippen molar-refractivity contribution in [1.29, 1.82) is 0 Å². The van der Waals surface area contributed by atoms with Crippen molar-refractivity contribution in [1.82, 2.24) is 4.90 Å². The molecule has 5 nitrogen and oxygen atoms in total. The van der Waals surface area contributed by atoms with E-state index in [0.29, 0.717) is 16.8 Å². The van der Waals surface area contributed by atoms with Gasteiger partial charge in [0.15, 0.2) is 0 Å². The van der Waals surface area contributed by atoms with Gasteiger partial charge in [-0.05, 0) is 32.8 Å². The third kappa shape index (κ3) is 2.70. The molecule has 0 saturated carbocycles. The molecule has 22 heavy (non-hydrogen) atoms. The fourth-order valence-electron chi connectivity index (χ4n) is 2.61. The second-order valence-electron chi connectivity index (χ2n) is 6.19. The molecule has 0 aliphatic carbocycles. The summed E-state index contributed by atoms with van der Waals surface area (Å²) >= 11 is 5.32. The predicted molar refractivity (Wildman–Crippen MR) is 85.9 cm³/mol. The average Bonchev–Trinajstić information content (AvgIpc) is 2.76. The fourth-order valence-corrected chi connectivity index (χ4v) is 3.02. The maximum atomic E-state index is 12.5. The van der Waals surface area contributed by atoms with E-state index in [1.54, 1.807) is 51.1 Å². The first-order chi connectivity index (χ1) is 10.2. The maximum absolute atomic E-state index is 12.5. The Kier molecular flexibility index (Phi) is 4.24. The SMILES string of the molecule is CC(C)(C)OC(=O)N1CCC(=S)[C@]1(C(=O)O)c1ccccc1. The number of amides is 1. The number of likely N-dealkylation sites (tertiary alicyclic amines) is 1. The molecule has 0 unspecified atom stereocenters. The standard InChI is InChI=1S/C16H19NO4S/c1-15(2,3)21-14(20)17-10-9-12(22)16(17,13(18)19)11-7-5-4-6-8-11/h4-8H,9-10H2,1-3H3,(H,18,19)/t16-/m0/s1. The molecule has 0 radical (unpaired) electrons. The molecule has 2 rings (SSSR count). The highest BCUT2D eigenvalue weighted by atomic mass is 32.1. The number of carbonyl (C=O) groups excluding carboxylic acids is 1. The van der Waals surface area contributed by atoms with E-state index in [4.69, 9.17) is 17.0 Å². The first kappa shape index (κ1) is 16.4. The summed E-state index contributed by atoms with van der Waals surface area (Å²) in [5, 5.41) is 9.87. The van der Waals surface area contributed by atoms with Crippen LogP contribution in [0.25, 0.3) is 0 Å². The minimum Gasteiger partial charge on any atom is -0.479 e. The first-order valence-corrected chi connectivity index (χ1v) is 7.43. The number of hydrogen-bond acceptors (Lipinski definition) is 4. The van der Waals surface area contributed by atoms with Crippen molar-refractivity contribution in [3.63, 3.8) is 0 Å². The lowest BCUT2D eigenvalue weighted by Gasteiger charge is -2.36. The van der Waals surface area contributed by atoms with Gasteiger partial charge in [-0.2, -0.15) is 0 Å². The molecule has 1 atom stereocenters. The molecule has 0 spiro atoms. The number of hydrogen-bond donors (Lipinski definition) is 1. The van der Waals surface area contributed by atoms with E-state index in [2.05, 4.69) is 0 Å². The lowest BCUT2D eigenvalue weighted by molar-refractivity contribution is -0.146. The second kappa shape index (κ2) is 5.68. The van der Waals surface area contributed by atoms with Crippen LogP contribution in [0, 0.1) is 0 Å². The molecule has 1 N–H and O–H groups in total. The van der Waals surface area contributed by atoms with Crippen LogP contribution in [0.5, 0.6) is 0 Å². The van der Waals surface area contributed by atoms with Crippen LogP contribution in [0.1, 0.15) is 32.8 Å². The molecule has 1 heterocycles.